The van der Waals surface area contributed by atoms with Crippen LogP contribution in [-0.4, -0.2) is 18.2 Å². The van der Waals surface area contributed by atoms with E-state index >= 15 is 0 Å². The average molecular weight is 334 g/mol. The van der Waals surface area contributed by atoms with E-state index in [0.717, 1.165) is 22.4 Å². The van der Waals surface area contributed by atoms with Gasteiger partial charge in [0.15, 0.2) is 0 Å². The van der Waals surface area contributed by atoms with Gasteiger partial charge in [-0.25, -0.2) is 4.79 Å². The highest BCUT2D eigenvalue weighted by Gasteiger charge is 2.14. The maximum atomic E-state index is 11.3. The van der Waals surface area contributed by atoms with E-state index in [1.807, 2.05) is 54.6 Å². The van der Waals surface area contributed by atoms with E-state index in [-0.39, 0.29) is 5.56 Å². The summed E-state index contributed by atoms with van der Waals surface area (Å²) in [5.74, 6) is 0.0383. The van der Waals surface area contributed by atoms with Crippen LogP contribution in [0.5, 0.6) is 11.5 Å². The molecule has 0 unspecified atom stereocenters. The number of methoxy groups -OCH3 is 1. The molecule has 0 aliphatic carbocycles. The standard InChI is InChI=1S/C21H18O4/c1-24-20-13-16(11-12-18(20)21(22)23)17-9-5-6-10-19(17)25-14-15-7-3-2-4-8-15/h2-13H,14H2,1H3,(H,22,23). The second-order valence-electron chi connectivity index (χ2n) is 5.49. The lowest BCUT2D eigenvalue weighted by Crippen LogP contribution is -2.01. The molecule has 0 aliphatic rings. The number of ether oxygens (including phenoxy) is 2. The fraction of sp³-hybridized carbons (Fsp3) is 0.0952. The molecule has 0 heterocycles. The van der Waals surface area contributed by atoms with E-state index in [9.17, 15) is 9.90 Å². The average Bonchev–Trinajstić information content (AvgIpc) is 2.66. The summed E-state index contributed by atoms with van der Waals surface area (Å²) in [6, 6.07) is 22.6. The summed E-state index contributed by atoms with van der Waals surface area (Å²) in [7, 11) is 1.46. The Morgan fingerprint density at radius 2 is 1.64 bits per heavy atom. The summed E-state index contributed by atoms with van der Waals surface area (Å²) in [6.45, 7) is 0.461. The summed E-state index contributed by atoms with van der Waals surface area (Å²) < 4.78 is 11.2. The Labute approximate surface area is 146 Å². The molecule has 0 spiro atoms. The van der Waals surface area contributed by atoms with Crippen molar-refractivity contribution in [1.29, 1.82) is 0 Å². The summed E-state index contributed by atoms with van der Waals surface area (Å²) in [4.78, 5) is 11.3. The number of rotatable bonds is 6. The van der Waals surface area contributed by atoms with Crippen LogP contribution in [0.2, 0.25) is 0 Å². The first-order valence-electron chi connectivity index (χ1n) is 7.86. The zero-order valence-electron chi connectivity index (χ0n) is 13.8. The highest BCUT2D eigenvalue weighted by molar-refractivity contribution is 5.92. The van der Waals surface area contributed by atoms with Crippen molar-refractivity contribution >= 4 is 5.97 Å². The van der Waals surface area contributed by atoms with Gasteiger partial charge in [0.05, 0.1) is 7.11 Å². The molecule has 0 aliphatic heterocycles. The summed E-state index contributed by atoms with van der Waals surface area (Å²) in [6.07, 6.45) is 0. The van der Waals surface area contributed by atoms with Crippen LogP contribution in [-0.2, 0) is 6.61 Å². The van der Waals surface area contributed by atoms with Crippen LogP contribution in [0, 0.1) is 0 Å². The summed E-state index contributed by atoms with van der Waals surface area (Å²) in [5.41, 5.74) is 2.93. The first-order valence-corrected chi connectivity index (χ1v) is 7.86. The Balaban J connectivity index is 1.91. The van der Waals surface area contributed by atoms with Gasteiger partial charge >= 0.3 is 5.97 Å². The molecule has 0 fully saturated rings. The molecule has 3 aromatic carbocycles. The SMILES string of the molecule is COc1cc(-c2ccccc2OCc2ccccc2)ccc1C(=O)O. The van der Waals surface area contributed by atoms with E-state index < -0.39 is 5.97 Å². The molecule has 0 amide bonds. The number of para-hydroxylation sites is 1. The molecule has 4 nitrogen and oxygen atoms in total. The van der Waals surface area contributed by atoms with Gasteiger partial charge < -0.3 is 14.6 Å². The first kappa shape index (κ1) is 16.6. The summed E-state index contributed by atoms with van der Waals surface area (Å²) in [5, 5.41) is 9.22. The molecule has 0 radical (unpaired) electrons. The van der Waals surface area contributed by atoms with Crippen molar-refractivity contribution in [2.75, 3.05) is 7.11 Å². The van der Waals surface area contributed by atoms with Crippen LogP contribution in [0.25, 0.3) is 11.1 Å². The van der Waals surface area contributed by atoms with E-state index in [4.69, 9.17) is 9.47 Å². The van der Waals surface area contributed by atoms with Gasteiger partial charge in [-0.15, -0.1) is 0 Å². The second kappa shape index (κ2) is 7.53. The minimum atomic E-state index is -1.02. The second-order valence-corrected chi connectivity index (χ2v) is 5.49. The highest BCUT2D eigenvalue weighted by atomic mass is 16.5. The third kappa shape index (κ3) is 3.80. The zero-order valence-corrected chi connectivity index (χ0v) is 13.8. The molecule has 0 saturated carbocycles. The lowest BCUT2D eigenvalue weighted by Gasteiger charge is -2.13. The maximum absolute atomic E-state index is 11.3. The van der Waals surface area contributed by atoms with Crippen LogP contribution in [0.15, 0.2) is 72.8 Å². The Bertz CT molecular complexity index is 872. The van der Waals surface area contributed by atoms with Crippen molar-refractivity contribution in [3.05, 3.63) is 83.9 Å². The maximum Gasteiger partial charge on any atom is 0.339 e. The van der Waals surface area contributed by atoms with Gasteiger partial charge in [0.25, 0.3) is 0 Å². The first-order chi connectivity index (χ1) is 12.2. The topological polar surface area (TPSA) is 55.8 Å². The monoisotopic (exact) mass is 334 g/mol. The highest BCUT2D eigenvalue weighted by Crippen LogP contribution is 2.33. The van der Waals surface area contributed by atoms with Crippen molar-refractivity contribution in [1.82, 2.24) is 0 Å². The van der Waals surface area contributed by atoms with Gasteiger partial charge in [-0.2, -0.15) is 0 Å². The number of hydrogen-bond donors (Lipinski definition) is 1. The number of carbonyl (C=O) groups is 1. The zero-order chi connectivity index (χ0) is 17.6. The van der Waals surface area contributed by atoms with Crippen molar-refractivity contribution in [2.45, 2.75) is 6.61 Å². The van der Waals surface area contributed by atoms with Crippen LogP contribution in [0.1, 0.15) is 15.9 Å². The smallest absolute Gasteiger partial charge is 0.339 e. The van der Waals surface area contributed by atoms with Crippen molar-refractivity contribution < 1.29 is 19.4 Å². The molecule has 0 saturated heterocycles. The molecule has 3 aromatic rings. The fourth-order valence-corrected chi connectivity index (χ4v) is 2.60. The van der Waals surface area contributed by atoms with Gasteiger partial charge in [-0.05, 0) is 29.3 Å². The lowest BCUT2D eigenvalue weighted by molar-refractivity contribution is 0.0693. The lowest BCUT2D eigenvalue weighted by atomic mass is 10.0. The van der Waals surface area contributed by atoms with Gasteiger partial charge in [0, 0.05) is 5.56 Å². The fourth-order valence-electron chi connectivity index (χ4n) is 2.60. The number of aromatic carboxylic acids is 1. The molecule has 126 valence electrons. The molecule has 4 heteroatoms. The van der Waals surface area contributed by atoms with Crippen LogP contribution in [0.4, 0.5) is 0 Å². The van der Waals surface area contributed by atoms with Crippen molar-refractivity contribution in [3.63, 3.8) is 0 Å². The predicted octanol–water partition coefficient (Wildman–Crippen LogP) is 4.64. The van der Waals surface area contributed by atoms with Crippen molar-refractivity contribution in [2.24, 2.45) is 0 Å². The molecule has 3 rings (SSSR count). The van der Waals surface area contributed by atoms with Crippen molar-refractivity contribution in [3.8, 4) is 22.6 Å². The molecular weight excluding hydrogens is 316 g/mol. The van der Waals surface area contributed by atoms with Crippen LogP contribution < -0.4 is 9.47 Å². The summed E-state index contributed by atoms with van der Waals surface area (Å²) >= 11 is 0. The Hall–Kier alpha value is -3.27. The van der Waals surface area contributed by atoms with E-state index in [1.54, 1.807) is 18.2 Å². The number of hydrogen-bond acceptors (Lipinski definition) is 3. The van der Waals surface area contributed by atoms with Crippen LogP contribution in [0.3, 0.4) is 0 Å². The Morgan fingerprint density at radius 1 is 0.920 bits per heavy atom. The minimum Gasteiger partial charge on any atom is -0.496 e. The van der Waals surface area contributed by atoms with E-state index in [1.165, 1.54) is 7.11 Å². The van der Waals surface area contributed by atoms with Crippen LogP contribution >= 0.6 is 0 Å². The third-order valence-corrected chi connectivity index (χ3v) is 3.87. The van der Waals surface area contributed by atoms with Gasteiger partial charge in [0.2, 0.25) is 0 Å². The number of benzene rings is 3. The van der Waals surface area contributed by atoms with Gasteiger partial charge in [0.1, 0.15) is 23.7 Å². The Kier molecular flexibility index (Phi) is 5.00. The Morgan fingerprint density at radius 3 is 2.36 bits per heavy atom. The predicted molar refractivity (Wildman–Crippen MR) is 96.2 cm³/mol. The largest absolute Gasteiger partial charge is 0.496 e. The molecular formula is C21H18O4. The molecule has 0 bridgehead atoms. The van der Waals surface area contributed by atoms with E-state index in [0.29, 0.717) is 12.4 Å². The van der Waals surface area contributed by atoms with Gasteiger partial charge in [-0.3, -0.25) is 0 Å². The molecule has 0 atom stereocenters. The molecule has 1 N–H and O–H groups in total. The molecule has 25 heavy (non-hydrogen) atoms. The van der Waals surface area contributed by atoms with Gasteiger partial charge in [-0.1, -0.05) is 54.6 Å². The molecule has 0 aromatic heterocycles. The number of carboxylic acid groups (broad SMARTS) is 1. The quantitative estimate of drug-likeness (QED) is 0.713. The number of carboxylic acids is 1. The van der Waals surface area contributed by atoms with E-state index in [2.05, 4.69) is 0 Å². The minimum absolute atomic E-state index is 0.133. The normalized spacial score (nSPS) is 10.3. The third-order valence-electron chi connectivity index (χ3n) is 3.87.